The topological polar surface area (TPSA) is 47.3 Å². The number of piperidine rings is 1. The summed E-state index contributed by atoms with van der Waals surface area (Å²) in [5, 5.41) is 19.8. The lowest BCUT2D eigenvalue weighted by Gasteiger charge is -2.33. The second kappa shape index (κ2) is 5.90. The van der Waals surface area contributed by atoms with Crippen molar-refractivity contribution in [3.8, 4) is 6.07 Å². The van der Waals surface area contributed by atoms with Crippen LogP contribution in [0.5, 0.6) is 0 Å². The van der Waals surface area contributed by atoms with Gasteiger partial charge in [-0.25, -0.2) is 0 Å². The van der Waals surface area contributed by atoms with Crippen molar-refractivity contribution in [1.82, 2.24) is 4.90 Å². The van der Waals surface area contributed by atoms with E-state index in [4.69, 9.17) is 23.2 Å². The van der Waals surface area contributed by atoms with Gasteiger partial charge in [-0.2, -0.15) is 5.26 Å². The molecule has 1 atom stereocenters. The third-order valence-corrected chi connectivity index (χ3v) is 3.98. The maximum atomic E-state index is 9.48. The van der Waals surface area contributed by atoms with Gasteiger partial charge in [-0.05, 0) is 30.5 Å². The molecule has 0 spiro atoms. The van der Waals surface area contributed by atoms with Gasteiger partial charge in [0.2, 0.25) is 0 Å². The van der Waals surface area contributed by atoms with Gasteiger partial charge in [0.1, 0.15) is 6.04 Å². The zero-order valence-corrected chi connectivity index (χ0v) is 11.3. The molecule has 5 heteroatoms. The van der Waals surface area contributed by atoms with Crippen LogP contribution in [0.15, 0.2) is 18.2 Å². The Morgan fingerprint density at radius 2 is 1.94 bits per heavy atom. The van der Waals surface area contributed by atoms with Crippen LogP contribution in [0.4, 0.5) is 0 Å². The fourth-order valence-electron chi connectivity index (χ4n) is 2.19. The largest absolute Gasteiger partial charge is 0.393 e. The summed E-state index contributed by atoms with van der Waals surface area (Å²) in [6.45, 7) is 1.44. The van der Waals surface area contributed by atoms with E-state index in [0.29, 0.717) is 22.9 Å². The summed E-state index contributed by atoms with van der Waals surface area (Å²) >= 11 is 11.8. The molecule has 0 amide bonds. The molecule has 0 aliphatic carbocycles. The van der Waals surface area contributed by atoms with Crippen molar-refractivity contribution in [2.75, 3.05) is 13.1 Å². The highest BCUT2D eigenvalue weighted by Gasteiger charge is 2.25. The number of likely N-dealkylation sites (tertiary alicyclic amines) is 1. The third-order valence-electron chi connectivity index (χ3n) is 3.25. The molecule has 18 heavy (non-hydrogen) atoms. The smallest absolute Gasteiger partial charge is 0.123 e. The quantitative estimate of drug-likeness (QED) is 0.908. The monoisotopic (exact) mass is 284 g/mol. The minimum atomic E-state index is -0.327. The summed E-state index contributed by atoms with van der Waals surface area (Å²) in [6.07, 6.45) is 1.17. The van der Waals surface area contributed by atoms with E-state index >= 15 is 0 Å². The molecule has 1 aliphatic heterocycles. The second-order valence-electron chi connectivity index (χ2n) is 4.47. The van der Waals surface area contributed by atoms with Gasteiger partial charge in [-0.15, -0.1) is 0 Å². The van der Waals surface area contributed by atoms with E-state index in [1.54, 1.807) is 12.1 Å². The number of benzene rings is 1. The van der Waals surface area contributed by atoms with Gasteiger partial charge in [0.15, 0.2) is 0 Å². The summed E-state index contributed by atoms with van der Waals surface area (Å²) < 4.78 is 0. The number of aliphatic hydroxyl groups is 1. The summed E-state index contributed by atoms with van der Waals surface area (Å²) in [5.41, 5.74) is 0.850. The van der Waals surface area contributed by atoms with Crippen molar-refractivity contribution >= 4 is 23.2 Å². The molecule has 2 rings (SSSR count). The van der Waals surface area contributed by atoms with E-state index in [1.165, 1.54) is 0 Å². The Morgan fingerprint density at radius 3 is 2.50 bits per heavy atom. The maximum Gasteiger partial charge on any atom is 0.123 e. The molecule has 0 radical (unpaired) electrons. The molecule has 1 heterocycles. The molecule has 1 saturated heterocycles. The molecular formula is C13H14Cl2N2O. The molecule has 1 unspecified atom stereocenters. The van der Waals surface area contributed by atoms with Crippen molar-refractivity contribution < 1.29 is 5.11 Å². The lowest BCUT2D eigenvalue weighted by Crippen LogP contribution is -2.38. The van der Waals surface area contributed by atoms with Gasteiger partial charge in [0.05, 0.1) is 22.2 Å². The Kier molecular flexibility index (Phi) is 4.47. The zero-order valence-electron chi connectivity index (χ0n) is 9.81. The van der Waals surface area contributed by atoms with Gasteiger partial charge in [0.25, 0.3) is 0 Å². The molecule has 0 bridgehead atoms. The van der Waals surface area contributed by atoms with Gasteiger partial charge in [0, 0.05) is 13.1 Å². The third kappa shape index (κ3) is 2.96. The molecule has 0 aromatic heterocycles. The van der Waals surface area contributed by atoms with E-state index in [2.05, 4.69) is 11.0 Å². The first-order valence-corrected chi connectivity index (χ1v) is 6.64. The number of hydrogen-bond acceptors (Lipinski definition) is 3. The van der Waals surface area contributed by atoms with E-state index in [9.17, 15) is 10.4 Å². The highest BCUT2D eigenvalue weighted by Crippen LogP contribution is 2.29. The van der Waals surface area contributed by atoms with Crippen LogP contribution in [-0.2, 0) is 0 Å². The minimum absolute atomic E-state index is 0.241. The fourth-order valence-corrected chi connectivity index (χ4v) is 2.50. The van der Waals surface area contributed by atoms with Gasteiger partial charge >= 0.3 is 0 Å². The van der Waals surface area contributed by atoms with Crippen LogP contribution in [0.2, 0.25) is 10.0 Å². The maximum absolute atomic E-state index is 9.48. The van der Waals surface area contributed by atoms with Crippen LogP contribution < -0.4 is 0 Å². The zero-order chi connectivity index (χ0) is 13.1. The van der Waals surface area contributed by atoms with Crippen molar-refractivity contribution in [1.29, 1.82) is 5.26 Å². The van der Waals surface area contributed by atoms with Crippen molar-refractivity contribution in [3.63, 3.8) is 0 Å². The van der Waals surface area contributed by atoms with Crippen molar-refractivity contribution in [2.45, 2.75) is 25.0 Å². The van der Waals surface area contributed by atoms with Gasteiger partial charge < -0.3 is 5.11 Å². The summed E-state index contributed by atoms with van der Waals surface area (Å²) in [6, 6.07) is 7.24. The van der Waals surface area contributed by atoms with Crippen LogP contribution in [0.1, 0.15) is 24.4 Å². The second-order valence-corrected chi connectivity index (χ2v) is 5.29. The lowest BCUT2D eigenvalue weighted by atomic mass is 10.0. The Balaban J connectivity index is 2.18. The molecule has 3 nitrogen and oxygen atoms in total. The van der Waals surface area contributed by atoms with Crippen LogP contribution in [-0.4, -0.2) is 29.2 Å². The Bertz CT molecular complexity index is 465. The minimum Gasteiger partial charge on any atom is -0.393 e. The standard InChI is InChI=1S/C13H14Cl2N2O/c14-11-2-1-9(7-12(11)15)13(8-16)17-5-3-10(18)4-6-17/h1-2,7,10,13,18H,3-6H2. The number of hydrogen-bond donors (Lipinski definition) is 1. The van der Waals surface area contributed by atoms with Gasteiger partial charge in [-0.1, -0.05) is 29.3 Å². The molecule has 1 aromatic rings. The van der Waals surface area contributed by atoms with E-state index in [0.717, 1.165) is 18.7 Å². The lowest BCUT2D eigenvalue weighted by molar-refractivity contribution is 0.0716. The van der Waals surface area contributed by atoms with E-state index in [1.807, 2.05) is 6.07 Å². The molecule has 96 valence electrons. The average molecular weight is 285 g/mol. The van der Waals surface area contributed by atoms with Crippen LogP contribution in [0.25, 0.3) is 0 Å². The molecular weight excluding hydrogens is 271 g/mol. The van der Waals surface area contributed by atoms with Gasteiger partial charge in [-0.3, -0.25) is 4.90 Å². The summed E-state index contributed by atoms with van der Waals surface area (Å²) in [7, 11) is 0. The Labute approximate surface area is 117 Å². The fraction of sp³-hybridized carbons (Fsp3) is 0.462. The highest BCUT2D eigenvalue weighted by molar-refractivity contribution is 6.42. The summed E-state index contributed by atoms with van der Waals surface area (Å²) in [5.74, 6) is 0. The predicted molar refractivity (Wildman–Crippen MR) is 71.6 cm³/mol. The SMILES string of the molecule is N#CC(c1ccc(Cl)c(Cl)c1)N1CCC(O)CC1. The first-order chi connectivity index (χ1) is 8.61. The van der Waals surface area contributed by atoms with E-state index < -0.39 is 0 Å². The average Bonchev–Trinajstić information content (AvgIpc) is 2.37. The predicted octanol–water partition coefficient (Wildman–Crippen LogP) is 3.01. The normalized spacial score (nSPS) is 19.4. The Morgan fingerprint density at radius 1 is 1.28 bits per heavy atom. The number of nitrogens with zero attached hydrogens (tertiary/aromatic N) is 2. The van der Waals surface area contributed by atoms with E-state index in [-0.39, 0.29) is 12.1 Å². The number of nitriles is 1. The number of aliphatic hydroxyl groups excluding tert-OH is 1. The van der Waals surface area contributed by atoms with Crippen molar-refractivity contribution in [3.05, 3.63) is 33.8 Å². The number of rotatable bonds is 2. The molecule has 1 aliphatic rings. The molecule has 1 N–H and O–H groups in total. The van der Waals surface area contributed by atoms with Crippen LogP contribution in [0, 0.1) is 11.3 Å². The van der Waals surface area contributed by atoms with Crippen LogP contribution in [0.3, 0.4) is 0 Å². The van der Waals surface area contributed by atoms with Crippen LogP contribution >= 0.6 is 23.2 Å². The highest BCUT2D eigenvalue weighted by atomic mass is 35.5. The first kappa shape index (κ1) is 13.6. The van der Waals surface area contributed by atoms with Crippen molar-refractivity contribution in [2.24, 2.45) is 0 Å². The first-order valence-electron chi connectivity index (χ1n) is 5.88. The molecule has 0 saturated carbocycles. The molecule has 1 aromatic carbocycles. The Hall–Kier alpha value is -0.790. The molecule has 1 fully saturated rings. The summed E-state index contributed by atoms with van der Waals surface area (Å²) in [4.78, 5) is 2.06. The number of halogens is 2.